The summed E-state index contributed by atoms with van der Waals surface area (Å²) in [6.45, 7) is 11.5. The molecule has 0 saturated heterocycles. The first-order chi connectivity index (χ1) is 10.6. The number of allylic oxidation sites excluding steroid dienone is 1. The molecule has 22 heavy (non-hydrogen) atoms. The zero-order chi connectivity index (χ0) is 16.8. The monoisotopic (exact) mass is 418 g/mol. The van der Waals surface area contributed by atoms with Crippen molar-refractivity contribution < 1.29 is 9.53 Å². The molecular formula is C19H38O2Sn. The van der Waals surface area contributed by atoms with E-state index in [2.05, 4.69) is 27.4 Å². The molecule has 0 aliphatic heterocycles. The first-order valence-corrected chi connectivity index (χ1v) is 16.8. The van der Waals surface area contributed by atoms with Crippen molar-refractivity contribution in [1.29, 1.82) is 0 Å². The number of hydrogen-bond donors (Lipinski definition) is 0. The van der Waals surface area contributed by atoms with Gasteiger partial charge in [-0.25, -0.2) is 0 Å². The van der Waals surface area contributed by atoms with Crippen LogP contribution < -0.4 is 0 Å². The predicted octanol–water partition coefficient (Wildman–Crippen LogP) is 6.27. The SMILES string of the molecule is C=[C](CCCC(=O)OC)[Sn]([CH2]CCC)([CH2]CCC)[CH2]CCC. The van der Waals surface area contributed by atoms with Crippen molar-refractivity contribution in [3.63, 3.8) is 0 Å². The Balaban J connectivity index is 4.80. The van der Waals surface area contributed by atoms with Crippen LogP contribution >= 0.6 is 0 Å². The fraction of sp³-hybridized carbons (Fsp3) is 0.842. The molecule has 130 valence electrons. The van der Waals surface area contributed by atoms with Crippen LogP contribution in [0.25, 0.3) is 0 Å². The second-order valence-corrected chi connectivity index (χ2v) is 20.2. The van der Waals surface area contributed by atoms with E-state index in [-0.39, 0.29) is 5.97 Å². The Morgan fingerprint density at radius 2 is 1.32 bits per heavy atom. The standard InChI is InChI=1S/C7H11O2.3C4H9.Sn/c1-3-4-5-6-7(8)9-2;3*1-3-4-2;/h1,4-6H2,2H3;3*1,3-4H2,2H3;. The normalized spacial score (nSPS) is 11.5. The van der Waals surface area contributed by atoms with E-state index < -0.39 is 18.4 Å². The van der Waals surface area contributed by atoms with E-state index in [4.69, 9.17) is 4.74 Å². The molecule has 0 unspecified atom stereocenters. The topological polar surface area (TPSA) is 26.3 Å². The molecule has 3 heteroatoms. The van der Waals surface area contributed by atoms with Crippen molar-refractivity contribution in [3.05, 3.63) is 10.2 Å². The molecular weight excluding hydrogens is 379 g/mol. The average molecular weight is 417 g/mol. The fourth-order valence-corrected chi connectivity index (χ4v) is 19.3. The number of carbonyl (C=O) groups excluding carboxylic acids is 1. The molecule has 0 atom stereocenters. The summed E-state index contributed by atoms with van der Waals surface area (Å²) < 4.78 is 10.8. The van der Waals surface area contributed by atoms with Gasteiger partial charge < -0.3 is 0 Å². The molecule has 0 fully saturated rings. The van der Waals surface area contributed by atoms with Crippen LogP contribution in [-0.2, 0) is 9.53 Å². The van der Waals surface area contributed by atoms with Gasteiger partial charge in [0.05, 0.1) is 0 Å². The van der Waals surface area contributed by atoms with Crippen molar-refractivity contribution in [2.45, 2.75) is 91.9 Å². The van der Waals surface area contributed by atoms with Crippen LogP contribution in [-0.4, -0.2) is 31.5 Å². The molecule has 0 heterocycles. The van der Waals surface area contributed by atoms with E-state index in [0.29, 0.717) is 6.42 Å². The predicted molar refractivity (Wildman–Crippen MR) is 99.9 cm³/mol. The van der Waals surface area contributed by atoms with Gasteiger partial charge in [-0.05, 0) is 0 Å². The molecule has 0 aliphatic rings. The summed E-state index contributed by atoms with van der Waals surface area (Å²) >= 11 is -2.26. The van der Waals surface area contributed by atoms with Gasteiger partial charge in [-0.2, -0.15) is 0 Å². The number of ether oxygens (including phenoxy) is 1. The number of esters is 1. The zero-order valence-electron chi connectivity index (χ0n) is 15.5. The van der Waals surface area contributed by atoms with Crippen LogP contribution in [0, 0.1) is 0 Å². The third-order valence-electron chi connectivity index (χ3n) is 4.86. The summed E-state index contributed by atoms with van der Waals surface area (Å²) in [7, 11) is 1.48. The molecule has 0 amide bonds. The Labute approximate surface area is 143 Å². The minimum atomic E-state index is -2.26. The van der Waals surface area contributed by atoms with Gasteiger partial charge in [-0.3, -0.25) is 0 Å². The maximum atomic E-state index is 11.3. The molecule has 0 radical (unpaired) electrons. The van der Waals surface area contributed by atoms with Crippen LogP contribution in [0.4, 0.5) is 0 Å². The molecule has 0 saturated carbocycles. The van der Waals surface area contributed by atoms with E-state index >= 15 is 0 Å². The summed E-state index contributed by atoms with van der Waals surface area (Å²) in [5.74, 6) is -0.0794. The number of carbonyl (C=O) groups is 1. The summed E-state index contributed by atoms with van der Waals surface area (Å²) in [5, 5.41) is 0. The van der Waals surface area contributed by atoms with Gasteiger partial charge in [-0.15, -0.1) is 0 Å². The number of hydrogen-bond acceptors (Lipinski definition) is 2. The molecule has 0 aromatic rings. The molecule has 0 aromatic carbocycles. The van der Waals surface area contributed by atoms with E-state index in [1.54, 1.807) is 3.59 Å². The molecule has 0 N–H and O–H groups in total. The minimum absolute atomic E-state index is 0.0794. The average Bonchev–Trinajstić information content (AvgIpc) is 2.54. The number of unbranched alkanes of at least 4 members (excludes halogenated alkanes) is 3. The van der Waals surface area contributed by atoms with Gasteiger partial charge in [0.15, 0.2) is 0 Å². The van der Waals surface area contributed by atoms with Crippen LogP contribution in [0.5, 0.6) is 0 Å². The van der Waals surface area contributed by atoms with E-state index in [1.165, 1.54) is 58.9 Å². The van der Waals surface area contributed by atoms with E-state index in [1.807, 2.05) is 0 Å². The molecule has 0 rings (SSSR count). The third kappa shape index (κ3) is 8.59. The van der Waals surface area contributed by atoms with E-state index in [0.717, 1.165) is 12.8 Å². The van der Waals surface area contributed by atoms with Crippen LogP contribution in [0.15, 0.2) is 10.2 Å². The van der Waals surface area contributed by atoms with Gasteiger partial charge in [0, 0.05) is 0 Å². The summed E-state index contributed by atoms with van der Waals surface area (Å²) in [6, 6.07) is 0. The van der Waals surface area contributed by atoms with Gasteiger partial charge in [0.2, 0.25) is 0 Å². The molecule has 0 aliphatic carbocycles. The Morgan fingerprint density at radius 3 is 1.68 bits per heavy atom. The van der Waals surface area contributed by atoms with Crippen molar-refractivity contribution in [2.24, 2.45) is 0 Å². The van der Waals surface area contributed by atoms with Gasteiger partial charge >= 0.3 is 143 Å². The Bertz CT molecular complexity index is 291. The molecule has 0 aromatic heterocycles. The van der Waals surface area contributed by atoms with E-state index in [9.17, 15) is 4.79 Å². The second-order valence-electron chi connectivity index (χ2n) is 6.62. The van der Waals surface area contributed by atoms with Crippen molar-refractivity contribution in [3.8, 4) is 0 Å². The summed E-state index contributed by atoms with van der Waals surface area (Å²) in [4.78, 5) is 11.3. The second kappa shape index (κ2) is 13.4. The molecule has 0 bridgehead atoms. The summed E-state index contributed by atoms with van der Waals surface area (Å²) in [6.07, 6.45) is 10.5. The van der Waals surface area contributed by atoms with Crippen LogP contribution in [0.1, 0.15) is 78.6 Å². The van der Waals surface area contributed by atoms with Crippen molar-refractivity contribution in [2.75, 3.05) is 7.11 Å². The van der Waals surface area contributed by atoms with Crippen molar-refractivity contribution in [1.82, 2.24) is 0 Å². The maximum absolute atomic E-state index is 11.3. The van der Waals surface area contributed by atoms with Crippen LogP contribution in [0.3, 0.4) is 0 Å². The first kappa shape index (κ1) is 22.0. The number of rotatable bonds is 14. The zero-order valence-corrected chi connectivity index (χ0v) is 18.4. The van der Waals surface area contributed by atoms with Gasteiger partial charge in [0.1, 0.15) is 0 Å². The fourth-order valence-electron chi connectivity index (χ4n) is 3.26. The summed E-state index contributed by atoms with van der Waals surface area (Å²) in [5.41, 5.74) is 0. The van der Waals surface area contributed by atoms with Crippen molar-refractivity contribution >= 4 is 24.3 Å². The Morgan fingerprint density at radius 1 is 0.864 bits per heavy atom. The third-order valence-corrected chi connectivity index (χ3v) is 21.1. The van der Waals surface area contributed by atoms with Gasteiger partial charge in [0.25, 0.3) is 0 Å². The molecule has 2 nitrogen and oxygen atoms in total. The Kier molecular flexibility index (Phi) is 13.5. The number of methoxy groups -OCH3 is 1. The first-order valence-electron chi connectivity index (χ1n) is 9.31. The Hall–Kier alpha value is 0.00870. The van der Waals surface area contributed by atoms with Crippen LogP contribution in [0.2, 0.25) is 13.3 Å². The van der Waals surface area contributed by atoms with Gasteiger partial charge in [-0.1, -0.05) is 0 Å². The molecule has 0 spiro atoms. The quantitative estimate of drug-likeness (QED) is 0.246.